The van der Waals surface area contributed by atoms with E-state index in [4.69, 9.17) is 18.9 Å². The number of carbonyl (C=O) groups excluding carboxylic acids is 2. The second-order valence-electron chi connectivity index (χ2n) is 6.88. The van der Waals surface area contributed by atoms with Crippen LogP contribution in [0.4, 0.5) is 11.6 Å². The summed E-state index contributed by atoms with van der Waals surface area (Å²) in [5.41, 5.74) is 0.437. The van der Waals surface area contributed by atoms with E-state index in [1.165, 1.54) is 21.3 Å². The number of methoxy groups -OCH3 is 3. The molecule has 0 aliphatic carbocycles. The van der Waals surface area contributed by atoms with Crippen molar-refractivity contribution in [2.75, 3.05) is 51.2 Å². The minimum Gasteiger partial charge on any atom is -0.493 e. The van der Waals surface area contributed by atoms with Crippen molar-refractivity contribution >= 4 is 23.5 Å². The predicted molar refractivity (Wildman–Crippen MR) is 113 cm³/mol. The number of esters is 1. The first kappa shape index (κ1) is 22.1. The number of hydrogen-bond acceptors (Lipinski definition) is 9. The zero-order valence-corrected chi connectivity index (χ0v) is 17.8. The summed E-state index contributed by atoms with van der Waals surface area (Å²) in [6.45, 7) is 0.931. The zero-order valence-electron chi connectivity index (χ0n) is 17.8. The SMILES string of the molecule is COc1cc(NC(=O)COC(=O)C2CCN(c3ncccn3)CC2)cc(OC)c1OC. The topological polar surface area (TPSA) is 112 Å². The second kappa shape index (κ2) is 10.5. The van der Waals surface area contributed by atoms with Gasteiger partial charge in [0, 0.05) is 43.3 Å². The summed E-state index contributed by atoms with van der Waals surface area (Å²) in [4.78, 5) is 35.1. The van der Waals surface area contributed by atoms with Crippen LogP contribution in [0.1, 0.15) is 12.8 Å². The number of benzene rings is 1. The van der Waals surface area contributed by atoms with Gasteiger partial charge in [-0.1, -0.05) is 0 Å². The Morgan fingerprint density at radius 3 is 2.19 bits per heavy atom. The summed E-state index contributed by atoms with van der Waals surface area (Å²) in [5.74, 6) is 0.785. The average molecular weight is 430 g/mol. The van der Waals surface area contributed by atoms with Crippen LogP contribution < -0.4 is 24.4 Å². The number of piperidine rings is 1. The molecule has 10 heteroatoms. The van der Waals surface area contributed by atoms with Gasteiger partial charge in [-0.15, -0.1) is 0 Å². The van der Waals surface area contributed by atoms with Gasteiger partial charge in [0.05, 0.1) is 27.2 Å². The van der Waals surface area contributed by atoms with Crippen LogP contribution in [-0.2, 0) is 14.3 Å². The molecular formula is C21H26N4O6. The predicted octanol–water partition coefficient (Wildman–Crippen LogP) is 1.90. The van der Waals surface area contributed by atoms with Crippen LogP contribution in [0.2, 0.25) is 0 Å². The zero-order chi connectivity index (χ0) is 22.2. The molecule has 0 radical (unpaired) electrons. The maximum Gasteiger partial charge on any atom is 0.309 e. The Hall–Kier alpha value is -3.56. The highest BCUT2D eigenvalue weighted by molar-refractivity contribution is 5.93. The molecule has 1 N–H and O–H groups in total. The third-order valence-electron chi connectivity index (χ3n) is 4.96. The lowest BCUT2D eigenvalue weighted by Gasteiger charge is -2.30. The van der Waals surface area contributed by atoms with Crippen molar-refractivity contribution < 1.29 is 28.5 Å². The number of hydrogen-bond donors (Lipinski definition) is 1. The van der Waals surface area contributed by atoms with Gasteiger partial charge in [0.1, 0.15) is 0 Å². The van der Waals surface area contributed by atoms with Crippen LogP contribution >= 0.6 is 0 Å². The van der Waals surface area contributed by atoms with Crippen molar-refractivity contribution in [1.82, 2.24) is 9.97 Å². The number of nitrogens with one attached hydrogen (secondary N) is 1. The van der Waals surface area contributed by atoms with Gasteiger partial charge in [0.2, 0.25) is 11.7 Å². The molecule has 1 aliphatic heterocycles. The third kappa shape index (κ3) is 5.53. The molecular weight excluding hydrogens is 404 g/mol. The highest BCUT2D eigenvalue weighted by Gasteiger charge is 2.27. The Balaban J connectivity index is 1.49. The van der Waals surface area contributed by atoms with Crippen LogP contribution in [0.15, 0.2) is 30.6 Å². The molecule has 0 unspecified atom stereocenters. The molecule has 31 heavy (non-hydrogen) atoms. The van der Waals surface area contributed by atoms with Crippen molar-refractivity contribution in [3.05, 3.63) is 30.6 Å². The van der Waals surface area contributed by atoms with E-state index in [9.17, 15) is 9.59 Å². The standard InChI is InChI=1S/C21H26N4O6/c1-28-16-11-15(12-17(29-2)19(16)30-3)24-18(26)13-31-20(27)14-5-9-25(10-6-14)21-22-7-4-8-23-21/h4,7-8,11-12,14H,5-6,9-10,13H2,1-3H3,(H,24,26). The quantitative estimate of drug-likeness (QED) is 0.628. The lowest BCUT2D eigenvalue weighted by Crippen LogP contribution is -2.38. The lowest BCUT2D eigenvalue weighted by atomic mass is 9.97. The minimum absolute atomic E-state index is 0.256. The molecule has 2 heterocycles. The summed E-state index contributed by atoms with van der Waals surface area (Å²) < 4.78 is 21.0. The average Bonchev–Trinajstić information content (AvgIpc) is 2.82. The van der Waals surface area contributed by atoms with Gasteiger partial charge in [-0.2, -0.15) is 0 Å². The van der Waals surface area contributed by atoms with E-state index in [0.29, 0.717) is 54.8 Å². The Kier molecular flexibility index (Phi) is 7.47. The largest absolute Gasteiger partial charge is 0.493 e. The highest BCUT2D eigenvalue weighted by atomic mass is 16.5. The third-order valence-corrected chi connectivity index (χ3v) is 4.96. The Bertz CT molecular complexity index is 875. The van der Waals surface area contributed by atoms with E-state index in [1.54, 1.807) is 30.6 Å². The Labute approximate surface area is 180 Å². The van der Waals surface area contributed by atoms with Gasteiger partial charge < -0.3 is 29.2 Å². The Morgan fingerprint density at radius 1 is 1.03 bits per heavy atom. The summed E-state index contributed by atoms with van der Waals surface area (Å²) in [6.07, 6.45) is 4.61. The number of rotatable bonds is 8. The van der Waals surface area contributed by atoms with Gasteiger partial charge in [-0.05, 0) is 18.9 Å². The van der Waals surface area contributed by atoms with Gasteiger partial charge in [0.15, 0.2) is 18.1 Å². The summed E-state index contributed by atoms with van der Waals surface area (Å²) in [6, 6.07) is 4.96. The summed E-state index contributed by atoms with van der Waals surface area (Å²) >= 11 is 0. The van der Waals surface area contributed by atoms with Gasteiger partial charge >= 0.3 is 5.97 Å². The van der Waals surface area contributed by atoms with Crippen molar-refractivity contribution in [1.29, 1.82) is 0 Å². The molecule has 1 fully saturated rings. The first-order valence-electron chi connectivity index (χ1n) is 9.84. The summed E-state index contributed by atoms with van der Waals surface area (Å²) in [7, 11) is 4.47. The lowest BCUT2D eigenvalue weighted by molar-refractivity contribution is -0.152. The van der Waals surface area contributed by atoms with Crippen molar-refractivity contribution in [3.8, 4) is 17.2 Å². The molecule has 0 saturated carbocycles. The van der Waals surface area contributed by atoms with Crippen LogP contribution in [0.25, 0.3) is 0 Å². The van der Waals surface area contributed by atoms with Crippen molar-refractivity contribution in [2.45, 2.75) is 12.8 Å². The molecule has 3 rings (SSSR count). The van der Waals surface area contributed by atoms with Gasteiger partial charge in [-0.3, -0.25) is 9.59 Å². The molecule has 2 aromatic rings. The second-order valence-corrected chi connectivity index (χ2v) is 6.88. The van der Waals surface area contributed by atoms with E-state index in [2.05, 4.69) is 15.3 Å². The fourth-order valence-corrected chi connectivity index (χ4v) is 3.37. The normalized spacial score (nSPS) is 14.0. The monoisotopic (exact) mass is 430 g/mol. The van der Waals surface area contributed by atoms with Crippen LogP contribution in [-0.4, -0.2) is 62.9 Å². The Morgan fingerprint density at radius 2 is 1.65 bits per heavy atom. The number of amides is 1. The van der Waals surface area contributed by atoms with Crippen molar-refractivity contribution in [3.63, 3.8) is 0 Å². The molecule has 1 aromatic heterocycles. The molecule has 1 amide bonds. The van der Waals surface area contributed by atoms with Crippen LogP contribution in [0.5, 0.6) is 17.2 Å². The fraction of sp³-hybridized carbons (Fsp3) is 0.429. The smallest absolute Gasteiger partial charge is 0.309 e. The van der Waals surface area contributed by atoms with E-state index in [0.717, 1.165) is 0 Å². The maximum absolute atomic E-state index is 12.4. The van der Waals surface area contributed by atoms with Crippen LogP contribution in [0.3, 0.4) is 0 Å². The maximum atomic E-state index is 12.4. The molecule has 1 aliphatic rings. The molecule has 1 saturated heterocycles. The number of aromatic nitrogens is 2. The van der Waals surface area contributed by atoms with Gasteiger partial charge in [0.25, 0.3) is 5.91 Å². The molecule has 0 spiro atoms. The number of nitrogens with zero attached hydrogens (tertiary/aromatic N) is 3. The molecule has 1 aromatic carbocycles. The number of anilines is 2. The van der Waals surface area contributed by atoms with E-state index < -0.39 is 5.91 Å². The first-order chi connectivity index (χ1) is 15.0. The molecule has 0 bridgehead atoms. The molecule has 166 valence electrons. The number of carbonyl (C=O) groups is 2. The fourth-order valence-electron chi connectivity index (χ4n) is 3.37. The highest BCUT2D eigenvalue weighted by Crippen LogP contribution is 2.39. The number of ether oxygens (including phenoxy) is 4. The van der Waals surface area contributed by atoms with Crippen LogP contribution in [0, 0.1) is 5.92 Å². The summed E-state index contributed by atoms with van der Waals surface area (Å²) in [5, 5.41) is 2.67. The molecule has 10 nitrogen and oxygen atoms in total. The molecule has 0 atom stereocenters. The van der Waals surface area contributed by atoms with E-state index >= 15 is 0 Å². The van der Waals surface area contributed by atoms with Gasteiger partial charge in [-0.25, -0.2) is 9.97 Å². The minimum atomic E-state index is -0.460. The van der Waals surface area contributed by atoms with Crippen molar-refractivity contribution in [2.24, 2.45) is 5.92 Å². The first-order valence-corrected chi connectivity index (χ1v) is 9.84. The van der Waals surface area contributed by atoms with E-state index in [1.807, 2.05) is 4.90 Å². The van der Waals surface area contributed by atoms with E-state index in [-0.39, 0.29) is 18.5 Å².